The first-order chi connectivity index (χ1) is 9.20. The van der Waals surface area contributed by atoms with Crippen molar-refractivity contribution >= 4 is 11.3 Å². The van der Waals surface area contributed by atoms with E-state index >= 15 is 0 Å². The van der Waals surface area contributed by atoms with Crippen LogP contribution in [0.15, 0.2) is 41.8 Å². The highest BCUT2D eigenvalue weighted by molar-refractivity contribution is 7.10. The van der Waals surface area contributed by atoms with Crippen molar-refractivity contribution in [1.29, 1.82) is 0 Å². The van der Waals surface area contributed by atoms with Crippen LogP contribution in [0.25, 0.3) is 0 Å². The predicted molar refractivity (Wildman–Crippen MR) is 80.1 cm³/mol. The van der Waals surface area contributed by atoms with Crippen LogP contribution in [0, 0.1) is 5.82 Å². The highest BCUT2D eigenvalue weighted by Gasteiger charge is 2.14. The van der Waals surface area contributed by atoms with Crippen molar-refractivity contribution in [3.8, 4) is 0 Å². The van der Waals surface area contributed by atoms with Crippen molar-refractivity contribution < 1.29 is 4.39 Å². The fourth-order valence-corrected chi connectivity index (χ4v) is 3.16. The van der Waals surface area contributed by atoms with Crippen molar-refractivity contribution in [2.75, 3.05) is 0 Å². The zero-order chi connectivity index (χ0) is 13.7. The number of rotatable bonds is 6. The van der Waals surface area contributed by atoms with E-state index in [4.69, 9.17) is 0 Å². The fourth-order valence-electron chi connectivity index (χ4n) is 2.29. The van der Waals surface area contributed by atoms with Crippen LogP contribution in [0.1, 0.15) is 36.8 Å². The highest BCUT2D eigenvalue weighted by atomic mass is 32.1. The number of hydrogen-bond donors (Lipinski definition) is 1. The molecule has 0 radical (unpaired) electrons. The molecule has 3 heteroatoms. The maximum absolute atomic E-state index is 13.6. The molecule has 0 aliphatic rings. The summed E-state index contributed by atoms with van der Waals surface area (Å²) in [5.41, 5.74) is 0.781. The minimum Gasteiger partial charge on any atom is -0.306 e. The van der Waals surface area contributed by atoms with E-state index in [9.17, 15) is 4.39 Å². The van der Waals surface area contributed by atoms with E-state index in [1.54, 1.807) is 17.4 Å². The molecule has 0 bridgehead atoms. The van der Waals surface area contributed by atoms with Crippen molar-refractivity contribution in [2.24, 2.45) is 0 Å². The Hall–Kier alpha value is -1.19. The van der Waals surface area contributed by atoms with Gasteiger partial charge in [-0.15, -0.1) is 11.3 Å². The summed E-state index contributed by atoms with van der Waals surface area (Å²) in [6.07, 6.45) is 1.76. The highest BCUT2D eigenvalue weighted by Crippen LogP contribution is 2.22. The van der Waals surface area contributed by atoms with Crippen LogP contribution in [-0.2, 0) is 6.42 Å². The van der Waals surface area contributed by atoms with Crippen LogP contribution in [0.2, 0.25) is 0 Å². The fraction of sp³-hybridized carbons (Fsp3) is 0.375. The Kier molecular flexibility index (Phi) is 5.11. The molecular weight excluding hydrogens is 257 g/mol. The normalized spacial score (nSPS) is 14.3. The van der Waals surface area contributed by atoms with Crippen LogP contribution in [0.4, 0.5) is 4.39 Å². The summed E-state index contributed by atoms with van der Waals surface area (Å²) in [5, 5.41) is 5.69. The third-order valence-electron chi connectivity index (χ3n) is 3.26. The Morgan fingerprint density at radius 3 is 2.63 bits per heavy atom. The van der Waals surface area contributed by atoms with Gasteiger partial charge in [0.2, 0.25) is 0 Å². The van der Waals surface area contributed by atoms with Gasteiger partial charge in [0.05, 0.1) is 0 Å². The zero-order valence-electron chi connectivity index (χ0n) is 11.4. The summed E-state index contributed by atoms with van der Waals surface area (Å²) in [4.78, 5) is 1.35. The van der Waals surface area contributed by atoms with E-state index in [-0.39, 0.29) is 11.9 Å². The summed E-state index contributed by atoms with van der Waals surface area (Å²) in [6.45, 7) is 4.29. The van der Waals surface area contributed by atoms with E-state index in [0.29, 0.717) is 12.5 Å². The lowest BCUT2D eigenvalue weighted by Crippen LogP contribution is -2.31. The summed E-state index contributed by atoms with van der Waals surface area (Å²) in [7, 11) is 0. The summed E-state index contributed by atoms with van der Waals surface area (Å²) < 4.78 is 13.6. The molecule has 1 nitrogen and oxygen atoms in total. The Bertz CT molecular complexity index is 495. The Morgan fingerprint density at radius 1 is 1.21 bits per heavy atom. The standard InChI is InChI=1S/C16H20FNS/c1-3-15(16-9-6-10-19-16)18-12(2)11-13-7-4-5-8-14(13)17/h4-10,12,15,18H,3,11H2,1-2H3. The lowest BCUT2D eigenvalue weighted by atomic mass is 10.0. The average Bonchev–Trinajstić information content (AvgIpc) is 2.92. The van der Waals surface area contributed by atoms with Crippen LogP contribution in [0.3, 0.4) is 0 Å². The van der Waals surface area contributed by atoms with Gasteiger partial charge in [-0.05, 0) is 42.8 Å². The third kappa shape index (κ3) is 3.88. The molecule has 102 valence electrons. The topological polar surface area (TPSA) is 12.0 Å². The first-order valence-electron chi connectivity index (χ1n) is 6.73. The Morgan fingerprint density at radius 2 is 2.00 bits per heavy atom. The molecule has 19 heavy (non-hydrogen) atoms. The number of nitrogens with one attached hydrogen (secondary N) is 1. The largest absolute Gasteiger partial charge is 0.306 e. The van der Waals surface area contributed by atoms with Crippen molar-refractivity contribution in [3.05, 3.63) is 58.0 Å². The van der Waals surface area contributed by atoms with E-state index in [0.717, 1.165) is 12.0 Å². The predicted octanol–water partition coefficient (Wildman–Crippen LogP) is 4.56. The molecule has 2 rings (SSSR count). The molecule has 0 aliphatic heterocycles. The van der Waals surface area contributed by atoms with Crippen molar-refractivity contribution in [3.63, 3.8) is 0 Å². The SMILES string of the molecule is CCC(NC(C)Cc1ccccc1F)c1cccs1. The molecule has 0 amide bonds. The van der Waals surface area contributed by atoms with Gasteiger partial charge in [0, 0.05) is 17.0 Å². The van der Waals surface area contributed by atoms with Crippen LogP contribution in [0.5, 0.6) is 0 Å². The first kappa shape index (κ1) is 14.2. The molecule has 0 saturated carbocycles. The average molecular weight is 277 g/mol. The molecule has 0 aliphatic carbocycles. The number of hydrogen-bond acceptors (Lipinski definition) is 2. The van der Waals surface area contributed by atoms with Gasteiger partial charge in [-0.3, -0.25) is 0 Å². The second kappa shape index (κ2) is 6.83. The van der Waals surface area contributed by atoms with E-state index in [1.165, 1.54) is 10.9 Å². The minimum absolute atomic E-state index is 0.111. The van der Waals surface area contributed by atoms with Crippen LogP contribution < -0.4 is 5.32 Å². The molecule has 2 unspecified atom stereocenters. The quantitative estimate of drug-likeness (QED) is 0.816. The van der Waals surface area contributed by atoms with Gasteiger partial charge in [0.15, 0.2) is 0 Å². The zero-order valence-corrected chi connectivity index (χ0v) is 12.2. The van der Waals surface area contributed by atoms with Crippen LogP contribution in [-0.4, -0.2) is 6.04 Å². The van der Waals surface area contributed by atoms with Gasteiger partial charge in [-0.25, -0.2) is 4.39 Å². The Labute approximate surface area is 118 Å². The van der Waals surface area contributed by atoms with E-state index < -0.39 is 0 Å². The molecule has 0 spiro atoms. The summed E-state index contributed by atoms with van der Waals surface area (Å²) in [5.74, 6) is -0.111. The maximum Gasteiger partial charge on any atom is 0.126 e. The molecule has 1 aromatic carbocycles. The van der Waals surface area contributed by atoms with Gasteiger partial charge in [0.25, 0.3) is 0 Å². The summed E-state index contributed by atoms with van der Waals surface area (Å²) in [6, 6.07) is 11.9. The lowest BCUT2D eigenvalue weighted by Gasteiger charge is -2.21. The number of benzene rings is 1. The Balaban J connectivity index is 1.97. The van der Waals surface area contributed by atoms with E-state index in [1.807, 2.05) is 12.1 Å². The van der Waals surface area contributed by atoms with Gasteiger partial charge in [-0.1, -0.05) is 31.2 Å². The van der Waals surface area contributed by atoms with Gasteiger partial charge >= 0.3 is 0 Å². The smallest absolute Gasteiger partial charge is 0.126 e. The van der Waals surface area contributed by atoms with Crippen molar-refractivity contribution in [2.45, 2.75) is 38.8 Å². The third-order valence-corrected chi connectivity index (χ3v) is 4.25. The number of halogens is 1. The summed E-state index contributed by atoms with van der Waals surface area (Å²) >= 11 is 1.77. The van der Waals surface area contributed by atoms with Crippen LogP contribution >= 0.6 is 11.3 Å². The van der Waals surface area contributed by atoms with Gasteiger partial charge < -0.3 is 5.32 Å². The molecule has 2 atom stereocenters. The molecular formula is C16H20FNS. The minimum atomic E-state index is -0.111. The van der Waals surface area contributed by atoms with Gasteiger partial charge in [0.1, 0.15) is 5.82 Å². The maximum atomic E-state index is 13.6. The second-order valence-corrected chi connectivity index (χ2v) is 5.82. The second-order valence-electron chi connectivity index (χ2n) is 4.84. The monoisotopic (exact) mass is 277 g/mol. The van der Waals surface area contributed by atoms with Crippen molar-refractivity contribution in [1.82, 2.24) is 5.32 Å². The molecule has 1 aromatic heterocycles. The molecule has 1 N–H and O–H groups in total. The van der Waals surface area contributed by atoms with E-state index in [2.05, 4.69) is 36.7 Å². The first-order valence-corrected chi connectivity index (χ1v) is 7.61. The molecule has 0 saturated heterocycles. The van der Waals surface area contributed by atoms with Gasteiger partial charge in [-0.2, -0.15) is 0 Å². The molecule has 2 aromatic rings. The molecule has 0 fully saturated rings. The number of thiophene rings is 1. The molecule has 1 heterocycles. The lowest BCUT2D eigenvalue weighted by molar-refractivity contribution is 0.443.